The fourth-order valence-corrected chi connectivity index (χ4v) is 1.89. The van der Waals surface area contributed by atoms with E-state index in [0.717, 1.165) is 0 Å². The molecule has 0 aliphatic carbocycles. The van der Waals surface area contributed by atoms with Gasteiger partial charge in [-0.2, -0.15) is 0 Å². The van der Waals surface area contributed by atoms with Crippen LogP contribution in [0, 0.1) is 0 Å². The molecular formula is C15H21N5O4. The smallest absolute Gasteiger partial charge is 0.305 e. The van der Waals surface area contributed by atoms with E-state index in [9.17, 15) is 14.4 Å². The topological polar surface area (TPSA) is 146 Å². The number of benzene rings is 1. The molecule has 2 amide bonds. The number of carbonyl (C=O) groups excluding carboxylic acids is 2. The second kappa shape index (κ2) is 9.95. The zero-order valence-corrected chi connectivity index (χ0v) is 13.3. The SMILES string of the molecule is CCC(CC(=O)O)NC(=O)CNC(=O)c1cccc(N=CNN)c1. The van der Waals surface area contributed by atoms with Crippen molar-refractivity contribution < 1.29 is 19.5 Å². The van der Waals surface area contributed by atoms with Gasteiger partial charge >= 0.3 is 5.97 Å². The predicted molar refractivity (Wildman–Crippen MR) is 88.7 cm³/mol. The van der Waals surface area contributed by atoms with Crippen molar-refractivity contribution >= 4 is 29.8 Å². The minimum Gasteiger partial charge on any atom is -0.481 e. The Labute approximate surface area is 139 Å². The van der Waals surface area contributed by atoms with Gasteiger partial charge in [0.1, 0.15) is 6.34 Å². The Balaban J connectivity index is 2.54. The van der Waals surface area contributed by atoms with Crippen LogP contribution in [0.15, 0.2) is 29.3 Å². The first-order valence-corrected chi connectivity index (χ1v) is 7.34. The van der Waals surface area contributed by atoms with Gasteiger partial charge in [-0.05, 0) is 24.6 Å². The van der Waals surface area contributed by atoms with E-state index >= 15 is 0 Å². The summed E-state index contributed by atoms with van der Waals surface area (Å²) >= 11 is 0. The van der Waals surface area contributed by atoms with Crippen molar-refractivity contribution in [2.45, 2.75) is 25.8 Å². The number of carboxylic acids is 1. The van der Waals surface area contributed by atoms with Gasteiger partial charge in [0.05, 0.1) is 18.7 Å². The molecular weight excluding hydrogens is 314 g/mol. The largest absolute Gasteiger partial charge is 0.481 e. The number of hydrazine groups is 1. The number of hydrogen-bond acceptors (Lipinski definition) is 5. The minimum atomic E-state index is -0.990. The zero-order valence-electron chi connectivity index (χ0n) is 13.3. The van der Waals surface area contributed by atoms with Gasteiger partial charge in [0.15, 0.2) is 0 Å². The van der Waals surface area contributed by atoms with Gasteiger partial charge in [0.2, 0.25) is 5.91 Å². The molecule has 0 radical (unpaired) electrons. The number of aliphatic carboxylic acids is 1. The third-order valence-corrected chi connectivity index (χ3v) is 3.08. The van der Waals surface area contributed by atoms with Crippen molar-refractivity contribution in [2.24, 2.45) is 10.8 Å². The van der Waals surface area contributed by atoms with Crippen molar-refractivity contribution in [2.75, 3.05) is 6.54 Å². The molecule has 130 valence electrons. The molecule has 0 saturated heterocycles. The van der Waals surface area contributed by atoms with Crippen LogP contribution < -0.4 is 21.9 Å². The number of hydrogen-bond donors (Lipinski definition) is 5. The van der Waals surface area contributed by atoms with Gasteiger partial charge in [-0.3, -0.25) is 14.4 Å². The standard InChI is InChI=1S/C15H21N5O4/c1-2-11(7-14(22)23)20-13(21)8-17-15(24)10-4-3-5-12(6-10)18-9-19-16/h3-6,9,11H,2,7-8,16H2,1H3,(H,17,24)(H,18,19)(H,20,21)(H,22,23). The highest BCUT2D eigenvalue weighted by atomic mass is 16.4. The van der Waals surface area contributed by atoms with Crippen LogP contribution in [0.3, 0.4) is 0 Å². The number of nitrogens with two attached hydrogens (primary N) is 1. The second-order valence-corrected chi connectivity index (χ2v) is 4.93. The molecule has 1 rings (SSSR count). The third kappa shape index (κ3) is 6.88. The van der Waals surface area contributed by atoms with Crippen LogP contribution in [0.4, 0.5) is 5.69 Å². The molecule has 0 fully saturated rings. The fraction of sp³-hybridized carbons (Fsp3) is 0.333. The molecule has 1 unspecified atom stereocenters. The molecule has 0 heterocycles. The first-order valence-electron chi connectivity index (χ1n) is 7.34. The van der Waals surface area contributed by atoms with Crippen molar-refractivity contribution in [3.8, 4) is 0 Å². The van der Waals surface area contributed by atoms with Gasteiger partial charge in [-0.1, -0.05) is 13.0 Å². The molecule has 0 bridgehead atoms. The predicted octanol–water partition coefficient (Wildman–Crippen LogP) is -0.0910. The van der Waals surface area contributed by atoms with E-state index in [1.807, 2.05) is 0 Å². The van der Waals surface area contributed by atoms with Crippen molar-refractivity contribution in [1.29, 1.82) is 0 Å². The summed E-state index contributed by atoms with van der Waals surface area (Å²) in [4.78, 5) is 38.4. The van der Waals surface area contributed by atoms with Crippen molar-refractivity contribution in [1.82, 2.24) is 16.1 Å². The number of carboxylic acid groups (broad SMARTS) is 1. The molecule has 0 saturated carbocycles. The van der Waals surface area contributed by atoms with E-state index < -0.39 is 23.8 Å². The second-order valence-electron chi connectivity index (χ2n) is 4.93. The Morgan fingerprint density at radius 2 is 2.12 bits per heavy atom. The lowest BCUT2D eigenvalue weighted by atomic mass is 10.1. The van der Waals surface area contributed by atoms with Gasteiger partial charge < -0.3 is 21.2 Å². The number of aliphatic imine (C=N–C) groups is 1. The average molecular weight is 335 g/mol. The average Bonchev–Trinajstić information content (AvgIpc) is 2.57. The van der Waals surface area contributed by atoms with E-state index in [2.05, 4.69) is 21.1 Å². The van der Waals surface area contributed by atoms with Crippen LogP contribution in [-0.4, -0.2) is 41.8 Å². The van der Waals surface area contributed by atoms with Crippen molar-refractivity contribution in [3.05, 3.63) is 29.8 Å². The molecule has 1 aromatic rings. The number of rotatable bonds is 9. The Bertz CT molecular complexity index is 618. The first-order chi connectivity index (χ1) is 11.5. The summed E-state index contributed by atoms with van der Waals surface area (Å²) in [6, 6.07) is 6.00. The number of carbonyl (C=O) groups is 3. The lowest BCUT2D eigenvalue weighted by Crippen LogP contribution is -2.42. The quantitative estimate of drug-likeness (QED) is 0.184. The maximum Gasteiger partial charge on any atom is 0.305 e. The highest BCUT2D eigenvalue weighted by molar-refractivity contribution is 5.97. The van der Waals surface area contributed by atoms with Gasteiger partial charge in [-0.25, -0.2) is 10.8 Å². The first kappa shape index (κ1) is 19.1. The maximum absolute atomic E-state index is 12.0. The molecule has 1 aromatic carbocycles. The molecule has 0 aliphatic heterocycles. The molecule has 24 heavy (non-hydrogen) atoms. The lowest BCUT2D eigenvalue weighted by Gasteiger charge is -2.15. The van der Waals surface area contributed by atoms with Gasteiger partial charge in [0.25, 0.3) is 5.91 Å². The Hall–Kier alpha value is -2.94. The highest BCUT2D eigenvalue weighted by Crippen LogP contribution is 2.13. The summed E-state index contributed by atoms with van der Waals surface area (Å²) < 4.78 is 0. The van der Waals surface area contributed by atoms with Crippen LogP contribution in [0.2, 0.25) is 0 Å². The number of nitrogens with one attached hydrogen (secondary N) is 3. The number of nitrogens with zero attached hydrogens (tertiary/aromatic N) is 1. The van der Waals surface area contributed by atoms with Crippen LogP contribution in [0.1, 0.15) is 30.1 Å². The molecule has 9 heteroatoms. The number of amides is 2. The molecule has 1 atom stereocenters. The fourth-order valence-electron chi connectivity index (χ4n) is 1.89. The van der Waals surface area contributed by atoms with Gasteiger partial charge in [0, 0.05) is 11.6 Å². The lowest BCUT2D eigenvalue weighted by molar-refractivity contribution is -0.137. The summed E-state index contributed by atoms with van der Waals surface area (Å²) in [5.74, 6) is 3.20. The molecule has 9 nitrogen and oxygen atoms in total. The van der Waals surface area contributed by atoms with Gasteiger partial charge in [-0.15, -0.1) is 0 Å². The van der Waals surface area contributed by atoms with E-state index in [4.69, 9.17) is 10.9 Å². The monoisotopic (exact) mass is 335 g/mol. The van der Waals surface area contributed by atoms with Crippen LogP contribution in [0.25, 0.3) is 0 Å². The van der Waals surface area contributed by atoms with E-state index in [1.165, 1.54) is 6.34 Å². The minimum absolute atomic E-state index is 0.161. The molecule has 0 spiro atoms. The van der Waals surface area contributed by atoms with Crippen LogP contribution in [-0.2, 0) is 9.59 Å². The zero-order chi connectivity index (χ0) is 17.9. The Morgan fingerprint density at radius 1 is 1.38 bits per heavy atom. The highest BCUT2D eigenvalue weighted by Gasteiger charge is 2.15. The van der Waals surface area contributed by atoms with Crippen LogP contribution in [0.5, 0.6) is 0 Å². The van der Waals surface area contributed by atoms with E-state index in [-0.39, 0.29) is 13.0 Å². The summed E-state index contributed by atoms with van der Waals surface area (Å²) in [6.45, 7) is 1.53. The third-order valence-electron chi connectivity index (χ3n) is 3.08. The van der Waals surface area contributed by atoms with E-state index in [0.29, 0.717) is 17.7 Å². The molecule has 0 aromatic heterocycles. The summed E-state index contributed by atoms with van der Waals surface area (Å²) in [5.41, 5.74) is 3.12. The normalized spacial score (nSPS) is 11.8. The van der Waals surface area contributed by atoms with E-state index in [1.54, 1.807) is 31.2 Å². The Morgan fingerprint density at radius 3 is 2.75 bits per heavy atom. The summed E-state index contributed by atoms with van der Waals surface area (Å²) in [7, 11) is 0. The maximum atomic E-state index is 12.0. The molecule has 6 N–H and O–H groups in total. The summed E-state index contributed by atoms with van der Waals surface area (Å²) in [6.07, 6.45) is 1.60. The Kier molecular flexibility index (Phi) is 7.92. The summed E-state index contributed by atoms with van der Waals surface area (Å²) in [5, 5.41) is 13.8. The van der Waals surface area contributed by atoms with Crippen LogP contribution >= 0.6 is 0 Å². The van der Waals surface area contributed by atoms with Crippen molar-refractivity contribution in [3.63, 3.8) is 0 Å². The molecule has 0 aliphatic rings.